The zero-order valence-corrected chi connectivity index (χ0v) is 17.4. The Balaban J connectivity index is 1.48. The van der Waals surface area contributed by atoms with Crippen LogP contribution in [0.1, 0.15) is 35.2 Å². The quantitative estimate of drug-likeness (QED) is 0.785. The molecular weight excluding hydrogens is 382 g/mol. The van der Waals surface area contributed by atoms with Gasteiger partial charge in [-0.25, -0.2) is 0 Å². The molecule has 0 bridgehead atoms. The second-order valence-corrected chi connectivity index (χ2v) is 7.74. The van der Waals surface area contributed by atoms with E-state index < -0.39 is 0 Å². The normalized spacial score (nSPS) is 16.9. The maximum atomic E-state index is 13.1. The Morgan fingerprint density at radius 3 is 2.50 bits per heavy atom. The fraction of sp³-hybridized carbons (Fsp3) is 0.391. The number of aryl methyl sites for hydroxylation is 1. The number of carbonyl (C=O) groups is 2. The Kier molecular flexibility index (Phi) is 5.53. The van der Waals surface area contributed by atoms with Gasteiger partial charge in [0.2, 0.25) is 5.91 Å². The first kappa shape index (κ1) is 20.1. The second-order valence-electron chi connectivity index (χ2n) is 7.74. The van der Waals surface area contributed by atoms with E-state index in [0.29, 0.717) is 36.6 Å². The van der Waals surface area contributed by atoms with Crippen LogP contribution in [0.2, 0.25) is 0 Å². The van der Waals surface area contributed by atoms with Crippen molar-refractivity contribution in [1.29, 1.82) is 0 Å². The minimum Gasteiger partial charge on any atom is -0.497 e. The summed E-state index contributed by atoms with van der Waals surface area (Å²) in [6.07, 6.45) is 2.70. The number of nitrogen functional groups attached to an aromatic ring is 1. The summed E-state index contributed by atoms with van der Waals surface area (Å²) >= 11 is 0. The van der Waals surface area contributed by atoms with Gasteiger partial charge in [0.1, 0.15) is 11.5 Å². The highest BCUT2D eigenvalue weighted by molar-refractivity contribution is 5.98. The van der Waals surface area contributed by atoms with Gasteiger partial charge in [0.05, 0.1) is 19.8 Å². The molecule has 2 aliphatic heterocycles. The van der Waals surface area contributed by atoms with Gasteiger partial charge in [0.25, 0.3) is 5.91 Å². The van der Waals surface area contributed by atoms with Gasteiger partial charge in [-0.2, -0.15) is 0 Å². The van der Waals surface area contributed by atoms with Crippen molar-refractivity contribution in [2.45, 2.75) is 31.7 Å². The molecule has 30 heavy (non-hydrogen) atoms. The average molecular weight is 409 g/mol. The van der Waals surface area contributed by atoms with Gasteiger partial charge in [-0.3, -0.25) is 9.59 Å². The molecule has 7 nitrogen and oxygen atoms in total. The summed E-state index contributed by atoms with van der Waals surface area (Å²) in [7, 11) is 3.12. The molecule has 2 aromatic carbocycles. The largest absolute Gasteiger partial charge is 0.497 e. The molecule has 0 aliphatic carbocycles. The number of nitrogens with zero attached hydrogens (tertiary/aromatic N) is 2. The number of methoxy groups -OCH3 is 2. The first-order valence-corrected chi connectivity index (χ1v) is 10.2. The number of amides is 2. The average Bonchev–Trinajstić information content (AvgIpc) is 2.78. The number of anilines is 2. The number of rotatable bonds is 4. The van der Waals surface area contributed by atoms with E-state index in [2.05, 4.69) is 0 Å². The second kappa shape index (κ2) is 8.26. The lowest BCUT2D eigenvalue weighted by atomic mass is 9.94. The number of nitrogens with two attached hydrogens (primary N) is 1. The summed E-state index contributed by atoms with van der Waals surface area (Å²) in [5, 5.41) is 0. The number of benzene rings is 2. The van der Waals surface area contributed by atoms with Crippen LogP contribution in [0.4, 0.5) is 11.4 Å². The monoisotopic (exact) mass is 409 g/mol. The third-order valence-corrected chi connectivity index (χ3v) is 6.00. The molecule has 2 heterocycles. The molecule has 2 N–H and O–H groups in total. The minimum atomic E-state index is -0.0638. The molecule has 0 atom stereocenters. The van der Waals surface area contributed by atoms with E-state index in [9.17, 15) is 9.59 Å². The van der Waals surface area contributed by atoms with Crippen LogP contribution in [0.3, 0.4) is 0 Å². The summed E-state index contributed by atoms with van der Waals surface area (Å²) in [4.78, 5) is 29.5. The van der Waals surface area contributed by atoms with Crippen molar-refractivity contribution < 1.29 is 19.1 Å². The van der Waals surface area contributed by atoms with Crippen molar-refractivity contribution in [3.63, 3.8) is 0 Å². The molecule has 0 aromatic heterocycles. The summed E-state index contributed by atoms with van der Waals surface area (Å²) in [6.45, 7) is 1.18. The first-order valence-electron chi connectivity index (χ1n) is 10.2. The Morgan fingerprint density at radius 2 is 1.80 bits per heavy atom. The predicted octanol–water partition coefficient (Wildman–Crippen LogP) is 2.87. The van der Waals surface area contributed by atoms with Crippen LogP contribution < -0.4 is 20.1 Å². The number of carbonyl (C=O) groups excluding carboxylic acids is 2. The van der Waals surface area contributed by atoms with E-state index in [1.54, 1.807) is 32.4 Å². The van der Waals surface area contributed by atoms with Crippen LogP contribution >= 0.6 is 0 Å². The predicted molar refractivity (Wildman–Crippen MR) is 115 cm³/mol. The molecule has 0 radical (unpaired) electrons. The van der Waals surface area contributed by atoms with E-state index >= 15 is 0 Å². The summed E-state index contributed by atoms with van der Waals surface area (Å²) in [5.74, 6) is 1.23. The van der Waals surface area contributed by atoms with E-state index in [0.717, 1.165) is 36.2 Å². The number of fused-ring (bicyclic) bond motifs is 1. The summed E-state index contributed by atoms with van der Waals surface area (Å²) in [6, 6.07) is 11.1. The molecule has 4 rings (SSSR count). The van der Waals surface area contributed by atoms with Crippen LogP contribution in [-0.4, -0.2) is 50.1 Å². The maximum absolute atomic E-state index is 13.1. The fourth-order valence-electron chi connectivity index (χ4n) is 4.41. The van der Waals surface area contributed by atoms with Gasteiger partial charge in [-0.15, -0.1) is 0 Å². The number of hydrogen-bond acceptors (Lipinski definition) is 5. The third-order valence-electron chi connectivity index (χ3n) is 6.00. The van der Waals surface area contributed by atoms with E-state index in [1.807, 2.05) is 28.0 Å². The van der Waals surface area contributed by atoms with E-state index in [-0.39, 0.29) is 17.9 Å². The molecule has 7 heteroatoms. The highest BCUT2D eigenvalue weighted by Gasteiger charge is 2.34. The van der Waals surface area contributed by atoms with Crippen molar-refractivity contribution in [3.8, 4) is 11.5 Å². The molecule has 2 amide bonds. The van der Waals surface area contributed by atoms with Gasteiger partial charge in [0, 0.05) is 43.0 Å². The van der Waals surface area contributed by atoms with Gasteiger partial charge in [-0.1, -0.05) is 0 Å². The van der Waals surface area contributed by atoms with Gasteiger partial charge in [0.15, 0.2) is 0 Å². The van der Waals surface area contributed by atoms with Crippen molar-refractivity contribution >= 4 is 23.2 Å². The Morgan fingerprint density at radius 1 is 1.03 bits per heavy atom. The molecule has 1 fully saturated rings. The molecule has 2 aromatic rings. The third kappa shape index (κ3) is 3.67. The number of hydrogen-bond donors (Lipinski definition) is 1. The Hall–Kier alpha value is -3.22. The van der Waals surface area contributed by atoms with Crippen molar-refractivity contribution in [2.24, 2.45) is 0 Å². The minimum absolute atomic E-state index is 0.0638. The summed E-state index contributed by atoms with van der Waals surface area (Å²) < 4.78 is 10.6. The highest BCUT2D eigenvalue weighted by atomic mass is 16.5. The zero-order valence-electron chi connectivity index (χ0n) is 17.4. The maximum Gasteiger partial charge on any atom is 0.257 e. The van der Waals surface area contributed by atoms with Gasteiger partial charge in [-0.05, 0) is 55.2 Å². The molecule has 2 aliphatic rings. The van der Waals surface area contributed by atoms with Crippen LogP contribution in [-0.2, 0) is 11.2 Å². The van der Waals surface area contributed by atoms with Gasteiger partial charge < -0.3 is 25.0 Å². The summed E-state index contributed by atoms with van der Waals surface area (Å²) in [5.41, 5.74) is 9.24. The van der Waals surface area contributed by atoms with Crippen LogP contribution in [0.5, 0.6) is 11.5 Å². The smallest absolute Gasteiger partial charge is 0.257 e. The standard InChI is InChI=1S/C23H27N3O4/c1-29-18-5-6-19(21(14-18)30-2)23(28)25-11-9-17(10-12-25)26-20-7-4-16(24)13-15(20)3-8-22(26)27/h4-7,13-14,17H,3,8-12,24H2,1-2H3. The number of ether oxygens (including phenoxy) is 2. The topological polar surface area (TPSA) is 85.1 Å². The van der Waals surface area contributed by atoms with Crippen molar-refractivity contribution in [2.75, 3.05) is 37.9 Å². The molecule has 158 valence electrons. The van der Waals surface area contributed by atoms with Crippen molar-refractivity contribution in [1.82, 2.24) is 4.90 Å². The zero-order chi connectivity index (χ0) is 21.3. The number of piperidine rings is 1. The number of likely N-dealkylation sites (tertiary alicyclic amines) is 1. The van der Waals surface area contributed by atoms with Crippen LogP contribution in [0.25, 0.3) is 0 Å². The lowest BCUT2D eigenvalue weighted by molar-refractivity contribution is -0.119. The van der Waals surface area contributed by atoms with E-state index in [4.69, 9.17) is 15.2 Å². The lowest BCUT2D eigenvalue weighted by Gasteiger charge is -2.41. The SMILES string of the molecule is COc1ccc(C(=O)N2CCC(N3C(=O)CCc4cc(N)ccc43)CC2)c(OC)c1. The Labute approximate surface area is 176 Å². The molecule has 0 unspecified atom stereocenters. The molecule has 1 saturated heterocycles. The fourth-order valence-corrected chi connectivity index (χ4v) is 4.41. The first-order chi connectivity index (χ1) is 14.5. The van der Waals surface area contributed by atoms with Crippen LogP contribution in [0, 0.1) is 0 Å². The lowest BCUT2D eigenvalue weighted by Crippen LogP contribution is -2.50. The highest BCUT2D eigenvalue weighted by Crippen LogP contribution is 2.34. The van der Waals surface area contributed by atoms with Crippen molar-refractivity contribution in [3.05, 3.63) is 47.5 Å². The molecule has 0 saturated carbocycles. The Bertz CT molecular complexity index is 967. The molecule has 0 spiro atoms. The molecular formula is C23H27N3O4. The van der Waals surface area contributed by atoms with Crippen LogP contribution in [0.15, 0.2) is 36.4 Å². The van der Waals surface area contributed by atoms with E-state index in [1.165, 1.54) is 0 Å². The van der Waals surface area contributed by atoms with Gasteiger partial charge >= 0.3 is 0 Å².